The van der Waals surface area contributed by atoms with Crippen molar-refractivity contribution in [3.8, 4) is 5.75 Å². The quantitative estimate of drug-likeness (QED) is 0.239. The SMILES string of the molecule is C[C@@H]1CCCCO[C@@H](CN(C)S(=O)(=O)c2cccs2)[C@@H](C)CN([C@H](C)CO)C(=O)c2cc(NC(=O)Nc3ccc(C(F)(F)F)cc3)ccc2O1. The first-order valence-electron chi connectivity index (χ1n) is 16.2. The Morgan fingerprint density at radius 1 is 1.10 bits per heavy atom. The molecule has 1 aromatic heterocycles. The summed E-state index contributed by atoms with van der Waals surface area (Å²) in [6, 6.07) is 10.3. The summed E-state index contributed by atoms with van der Waals surface area (Å²) in [5, 5.41) is 17.0. The van der Waals surface area contributed by atoms with Crippen LogP contribution in [0.5, 0.6) is 5.75 Å². The molecule has 0 radical (unpaired) electrons. The highest BCUT2D eigenvalue weighted by Gasteiger charge is 2.33. The number of hydrogen-bond acceptors (Lipinski definition) is 8. The van der Waals surface area contributed by atoms with E-state index in [9.17, 15) is 36.3 Å². The number of alkyl halides is 3. The van der Waals surface area contributed by atoms with Crippen LogP contribution in [0.3, 0.4) is 0 Å². The van der Waals surface area contributed by atoms with E-state index in [1.54, 1.807) is 36.6 Å². The zero-order chi connectivity index (χ0) is 36.6. The van der Waals surface area contributed by atoms with Gasteiger partial charge in [0.25, 0.3) is 15.9 Å². The molecule has 1 aliphatic rings. The summed E-state index contributed by atoms with van der Waals surface area (Å²) >= 11 is 1.12. The molecule has 0 unspecified atom stereocenters. The molecule has 0 saturated heterocycles. The van der Waals surface area contributed by atoms with Crippen LogP contribution in [-0.2, 0) is 20.9 Å². The van der Waals surface area contributed by atoms with Crippen LogP contribution in [0.15, 0.2) is 64.2 Å². The van der Waals surface area contributed by atoms with Gasteiger partial charge in [-0.15, -0.1) is 11.3 Å². The monoisotopic (exact) mass is 740 g/mol. The first kappa shape index (κ1) is 39.1. The Morgan fingerprint density at radius 3 is 2.42 bits per heavy atom. The molecule has 1 aliphatic heterocycles. The number of benzene rings is 2. The summed E-state index contributed by atoms with van der Waals surface area (Å²) in [5.41, 5.74) is -0.398. The van der Waals surface area contributed by atoms with E-state index in [4.69, 9.17) is 9.47 Å². The van der Waals surface area contributed by atoms with Crippen molar-refractivity contribution >= 4 is 44.7 Å². The Kier molecular flexibility index (Phi) is 13.3. The number of sulfonamides is 1. The molecule has 3 amide bonds. The largest absolute Gasteiger partial charge is 0.490 e. The highest BCUT2D eigenvalue weighted by atomic mass is 32.2. The van der Waals surface area contributed by atoms with Crippen LogP contribution in [0.4, 0.5) is 29.3 Å². The highest BCUT2D eigenvalue weighted by Crippen LogP contribution is 2.31. The number of anilines is 2. The second-order valence-electron chi connectivity index (χ2n) is 12.4. The van der Waals surface area contributed by atoms with Crippen LogP contribution in [0, 0.1) is 5.92 Å². The van der Waals surface area contributed by atoms with E-state index in [-0.39, 0.29) is 58.6 Å². The smallest absolute Gasteiger partial charge is 0.416 e. The van der Waals surface area contributed by atoms with Crippen molar-refractivity contribution in [3.63, 3.8) is 0 Å². The molecular weight excluding hydrogens is 698 g/mol. The third-order valence-corrected chi connectivity index (χ3v) is 11.6. The Hall–Kier alpha value is -3.70. The van der Waals surface area contributed by atoms with Crippen molar-refractivity contribution in [2.75, 3.05) is 44.0 Å². The first-order valence-corrected chi connectivity index (χ1v) is 18.5. The molecule has 50 heavy (non-hydrogen) atoms. The summed E-state index contributed by atoms with van der Waals surface area (Å²) in [6.45, 7) is 5.55. The number of fused-ring (bicyclic) bond motifs is 1. The second-order valence-corrected chi connectivity index (χ2v) is 15.6. The Balaban J connectivity index is 1.60. The number of nitrogens with zero attached hydrogens (tertiary/aromatic N) is 2. The van der Waals surface area contributed by atoms with Gasteiger partial charge in [0.05, 0.1) is 36.0 Å². The first-order chi connectivity index (χ1) is 23.6. The number of nitrogens with one attached hydrogen (secondary N) is 2. The second kappa shape index (κ2) is 17.0. The molecule has 2 heterocycles. The fourth-order valence-corrected chi connectivity index (χ4v) is 7.80. The van der Waals surface area contributed by atoms with Crippen molar-refractivity contribution in [1.29, 1.82) is 0 Å². The molecule has 0 aliphatic carbocycles. The summed E-state index contributed by atoms with van der Waals surface area (Å²) in [4.78, 5) is 28.6. The Labute approximate surface area is 294 Å². The van der Waals surface area contributed by atoms with Gasteiger partial charge in [-0.3, -0.25) is 4.79 Å². The minimum atomic E-state index is -4.52. The van der Waals surface area contributed by atoms with E-state index >= 15 is 0 Å². The topological polar surface area (TPSA) is 138 Å². The van der Waals surface area contributed by atoms with Crippen molar-refractivity contribution in [2.45, 2.75) is 68.7 Å². The van der Waals surface area contributed by atoms with Crippen LogP contribution in [-0.4, -0.2) is 86.3 Å². The average molecular weight is 741 g/mol. The van der Waals surface area contributed by atoms with Gasteiger partial charge in [0.15, 0.2) is 0 Å². The molecule has 11 nitrogen and oxygen atoms in total. The number of carbonyl (C=O) groups excluding carboxylic acids is 2. The van der Waals surface area contributed by atoms with Crippen LogP contribution in [0.1, 0.15) is 56.0 Å². The van der Waals surface area contributed by atoms with E-state index in [1.807, 2.05) is 13.8 Å². The van der Waals surface area contributed by atoms with Crippen LogP contribution in [0.2, 0.25) is 0 Å². The number of ether oxygens (including phenoxy) is 2. The molecule has 0 spiro atoms. The molecule has 16 heteroatoms. The van der Waals surface area contributed by atoms with Gasteiger partial charge in [-0.1, -0.05) is 13.0 Å². The van der Waals surface area contributed by atoms with Gasteiger partial charge < -0.3 is 30.1 Å². The molecular formula is C34H43F3N4O7S2. The lowest BCUT2D eigenvalue weighted by Gasteiger charge is -2.35. The number of likely N-dealkylation sites (N-methyl/N-ethyl adjacent to an activating group) is 1. The molecule has 4 atom stereocenters. The number of aliphatic hydroxyl groups is 1. The number of carbonyl (C=O) groups is 2. The molecule has 4 rings (SSSR count). The molecule has 0 bridgehead atoms. The Bertz CT molecular complexity index is 1690. The maximum atomic E-state index is 14.3. The molecule has 3 aromatic rings. The predicted molar refractivity (Wildman–Crippen MR) is 185 cm³/mol. The van der Waals surface area contributed by atoms with Gasteiger partial charge in [0.1, 0.15) is 9.96 Å². The fraction of sp³-hybridized carbons (Fsp3) is 0.471. The number of urea groups is 1. The lowest BCUT2D eigenvalue weighted by molar-refractivity contribution is -0.137. The molecule has 274 valence electrons. The zero-order valence-electron chi connectivity index (χ0n) is 28.3. The Morgan fingerprint density at radius 2 is 1.78 bits per heavy atom. The summed E-state index contributed by atoms with van der Waals surface area (Å²) in [5.74, 6) is -0.607. The van der Waals surface area contributed by atoms with Gasteiger partial charge in [-0.05, 0) is 87.0 Å². The number of rotatable bonds is 8. The van der Waals surface area contributed by atoms with E-state index in [0.29, 0.717) is 19.4 Å². The van der Waals surface area contributed by atoms with Gasteiger partial charge in [0, 0.05) is 44.0 Å². The molecule has 3 N–H and O–H groups in total. The van der Waals surface area contributed by atoms with Crippen LogP contribution < -0.4 is 15.4 Å². The van der Waals surface area contributed by atoms with Gasteiger partial charge >= 0.3 is 12.2 Å². The van der Waals surface area contributed by atoms with Crippen LogP contribution in [0.25, 0.3) is 0 Å². The normalized spacial score (nSPS) is 20.4. The molecule has 0 saturated carbocycles. The number of thiophene rings is 1. The predicted octanol–water partition coefficient (Wildman–Crippen LogP) is 6.53. The average Bonchev–Trinajstić information content (AvgIpc) is 3.62. The highest BCUT2D eigenvalue weighted by molar-refractivity contribution is 7.91. The molecule has 0 fully saturated rings. The minimum absolute atomic E-state index is 0.0369. The third kappa shape index (κ3) is 10.2. The van der Waals surface area contributed by atoms with Gasteiger partial charge in [-0.25, -0.2) is 13.2 Å². The number of halogens is 3. The van der Waals surface area contributed by atoms with Gasteiger partial charge in [0.2, 0.25) is 0 Å². The number of aliphatic hydroxyl groups excluding tert-OH is 1. The van der Waals surface area contributed by atoms with Crippen LogP contribution >= 0.6 is 11.3 Å². The lowest BCUT2D eigenvalue weighted by Crippen LogP contribution is -2.48. The molecule has 2 aromatic carbocycles. The van der Waals surface area contributed by atoms with E-state index in [1.165, 1.54) is 22.3 Å². The third-order valence-electron chi connectivity index (χ3n) is 8.38. The van der Waals surface area contributed by atoms with Crippen molar-refractivity contribution in [3.05, 3.63) is 71.1 Å². The van der Waals surface area contributed by atoms with Crippen molar-refractivity contribution in [2.24, 2.45) is 5.92 Å². The summed E-state index contributed by atoms with van der Waals surface area (Å²) in [6.07, 6.45) is -3.34. The fourth-order valence-electron chi connectivity index (χ4n) is 5.41. The maximum Gasteiger partial charge on any atom is 0.416 e. The van der Waals surface area contributed by atoms with Gasteiger partial charge in [-0.2, -0.15) is 17.5 Å². The van der Waals surface area contributed by atoms with E-state index in [2.05, 4.69) is 10.6 Å². The standard InChI is InChI=1S/C34H43F3N4O7S2/c1-22-19-41(23(2)21-42)32(43)28-18-27(39-33(44)38-26-12-10-25(11-13-26)34(35,36)37)14-15-29(28)48-24(3)8-5-6-16-47-30(22)20-40(4)50(45,46)31-9-7-17-49-31/h7,9-15,17-18,22-24,30,42H,5-6,8,16,19-21H2,1-4H3,(H2,38,39,44)/t22-,23+,24+,30-/m0/s1. The van der Waals surface area contributed by atoms with Crippen molar-refractivity contribution in [1.82, 2.24) is 9.21 Å². The van der Waals surface area contributed by atoms with Crippen molar-refractivity contribution < 1.29 is 45.8 Å². The zero-order valence-corrected chi connectivity index (χ0v) is 29.9. The summed E-state index contributed by atoms with van der Waals surface area (Å²) < 4.78 is 79.2. The summed E-state index contributed by atoms with van der Waals surface area (Å²) in [7, 11) is -2.27. The van der Waals surface area contributed by atoms with E-state index in [0.717, 1.165) is 42.0 Å². The maximum absolute atomic E-state index is 14.3. The number of hydrogen-bond donors (Lipinski definition) is 3. The number of amides is 3. The minimum Gasteiger partial charge on any atom is -0.490 e. The van der Waals surface area contributed by atoms with E-state index < -0.39 is 45.8 Å². The lowest BCUT2D eigenvalue weighted by atomic mass is 10.0.